The molecule has 0 saturated heterocycles. The molecule has 0 aromatic carbocycles. The molecule has 1 aliphatic rings. The maximum atomic E-state index is 14.1. The molecular weight excluding hydrogens is 567 g/mol. The summed E-state index contributed by atoms with van der Waals surface area (Å²) in [7, 11) is 0. The van der Waals surface area contributed by atoms with E-state index in [9.17, 15) is 9.59 Å². The summed E-state index contributed by atoms with van der Waals surface area (Å²) < 4.78 is 0. The summed E-state index contributed by atoms with van der Waals surface area (Å²) in [5.74, 6) is 0.280. The molecule has 0 N–H and O–H groups in total. The maximum absolute atomic E-state index is 14.1. The third kappa shape index (κ3) is 10.0. The molecule has 3 nitrogen and oxygen atoms in total. The summed E-state index contributed by atoms with van der Waals surface area (Å²) in [6, 6.07) is 4.36. The normalized spacial score (nSPS) is 14.7. The van der Waals surface area contributed by atoms with Crippen molar-refractivity contribution in [3.63, 3.8) is 0 Å². The number of hydrogen-bond acceptors (Lipinski definition) is 4. The highest BCUT2D eigenvalue weighted by atomic mass is 32.1. The number of amides is 2. The van der Waals surface area contributed by atoms with Gasteiger partial charge in [0.05, 0.1) is 16.0 Å². The molecule has 0 bridgehead atoms. The molecule has 2 aromatic heterocycles. The van der Waals surface area contributed by atoms with Crippen LogP contribution >= 0.6 is 22.7 Å². The van der Waals surface area contributed by atoms with Crippen LogP contribution in [0, 0.1) is 5.92 Å². The fourth-order valence-electron chi connectivity index (χ4n) is 6.30. The van der Waals surface area contributed by atoms with Gasteiger partial charge in [0.15, 0.2) is 0 Å². The van der Waals surface area contributed by atoms with Gasteiger partial charge in [-0.2, -0.15) is 0 Å². The fourth-order valence-corrected chi connectivity index (χ4v) is 8.82. The van der Waals surface area contributed by atoms with Gasteiger partial charge >= 0.3 is 0 Å². The minimum atomic E-state index is -0.196. The molecule has 0 saturated carbocycles. The standard InChI is InChI=1S/C38H61NO2S2/c1-9-11-13-15-17-18-20-22-24-28(23-21-19-16-14-12-10-2)27-39-35(40)31-32(36(39)41)34(38(6,7)8)43-33(31)29-25-26-30(42-29)37(3,4)5/h25-26,28H,9-24,27H2,1-8H3. The Labute approximate surface area is 272 Å². The summed E-state index contributed by atoms with van der Waals surface area (Å²) >= 11 is 3.44. The van der Waals surface area contributed by atoms with E-state index >= 15 is 0 Å². The number of rotatable bonds is 19. The van der Waals surface area contributed by atoms with Crippen LogP contribution in [-0.4, -0.2) is 23.3 Å². The SMILES string of the molecule is CCCCCCCCCCC(CCCCCCCC)CN1C(=O)c2c(-c3ccc(C(C)(C)C)s3)sc(C(C)(C)C)c2C1=O. The van der Waals surface area contributed by atoms with Crippen molar-refractivity contribution < 1.29 is 9.59 Å². The van der Waals surface area contributed by atoms with E-state index in [0.29, 0.717) is 23.6 Å². The van der Waals surface area contributed by atoms with Gasteiger partial charge in [0.2, 0.25) is 0 Å². The third-order valence-corrected chi connectivity index (χ3v) is 12.3. The van der Waals surface area contributed by atoms with E-state index in [4.69, 9.17) is 0 Å². The van der Waals surface area contributed by atoms with Crippen LogP contribution in [0.2, 0.25) is 0 Å². The van der Waals surface area contributed by atoms with Crippen LogP contribution in [0.4, 0.5) is 0 Å². The Morgan fingerprint density at radius 3 is 1.58 bits per heavy atom. The average molecular weight is 628 g/mol. The van der Waals surface area contributed by atoms with Gasteiger partial charge in [0.25, 0.3) is 11.8 Å². The summed E-state index contributed by atoms with van der Waals surface area (Å²) in [4.78, 5) is 34.3. The van der Waals surface area contributed by atoms with E-state index < -0.39 is 0 Å². The van der Waals surface area contributed by atoms with Gasteiger partial charge in [-0.15, -0.1) is 22.7 Å². The van der Waals surface area contributed by atoms with Gasteiger partial charge < -0.3 is 0 Å². The van der Waals surface area contributed by atoms with Gasteiger partial charge in [-0.1, -0.05) is 145 Å². The van der Waals surface area contributed by atoms with Crippen LogP contribution in [0.1, 0.15) is 189 Å². The first-order valence-corrected chi connectivity index (χ1v) is 19.2. The number of carbonyl (C=O) groups excluding carboxylic acids is 2. The van der Waals surface area contributed by atoms with Crippen molar-refractivity contribution in [3.8, 4) is 9.75 Å². The lowest BCUT2D eigenvalue weighted by Crippen LogP contribution is -2.35. The monoisotopic (exact) mass is 627 g/mol. The lowest BCUT2D eigenvalue weighted by molar-refractivity contribution is 0.0621. The number of carbonyl (C=O) groups is 2. The number of imide groups is 1. The fraction of sp³-hybridized carbons (Fsp3) is 0.737. The first-order valence-electron chi connectivity index (χ1n) is 17.5. The van der Waals surface area contributed by atoms with Crippen molar-refractivity contribution in [3.05, 3.63) is 33.0 Å². The summed E-state index contributed by atoms with van der Waals surface area (Å²) in [6.45, 7) is 18.3. The van der Waals surface area contributed by atoms with Crippen molar-refractivity contribution in [2.24, 2.45) is 5.92 Å². The molecule has 0 fully saturated rings. The minimum Gasteiger partial charge on any atom is -0.274 e. The Kier molecular flexibility index (Phi) is 14.0. The molecule has 3 heterocycles. The lowest BCUT2D eigenvalue weighted by atomic mass is 9.90. The van der Waals surface area contributed by atoms with Crippen molar-refractivity contribution in [1.29, 1.82) is 0 Å². The molecule has 0 aliphatic carbocycles. The first kappa shape index (κ1) is 36.0. The minimum absolute atomic E-state index is 0.0519. The molecule has 0 radical (unpaired) electrons. The van der Waals surface area contributed by atoms with Crippen molar-refractivity contribution in [1.82, 2.24) is 4.90 Å². The van der Waals surface area contributed by atoms with Crippen molar-refractivity contribution in [2.75, 3.05) is 6.54 Å². The highest BCUT2D eigenvalue weighted by molar-refractivity contribution is 7.23. The summed E-state index contributed by atoms with van der Waals surface area (Å²) in [5.41, 5.74) is 1.22. The van der Waals surface area contributed by atoms with Crippen LogP contribution in [0.25, 0.3) is 9.75 Å². The topological polar surface area (TPSA) is 37.4 Å². The van der Waals surface area contributed by atoms with E-state index in [1.165, 1.54) is 94.8 Å². The Balaban J connectivity index is 1.77. The van der Waals surface area contributed by atoms with Gasteiger partial charge in [-0.3, -0.25) is 14.5 Å². The molecule has 2 amide bonds. The van der Waals surface area contributed by atoms with Crippen LogP contribution in [0.3, 0.4) is 0 Å². The van der Waals surface area contributed by atoms with Gasteiger partial charge in [0, 0.05) is 21.2 Å². The Morgan fingerprint density at radius 1 is 0.628 bits per heavy atom. The molecule has 5 heteroatoms. The maximum Gasteiger partial charge on any atom is 0.263 e. The van der Waals surface area contributed by atoms with Gasteiger partial charge in [-0.25, -0.2) is 0 Å². The number of nitrogens with zero attached hydrogens (tertiary/aromatic N) is 1. The van der Waals surface area contributed by atoms with Crippen LogP contribution in [0.5, 0.6) is 0 Å². The molecule has 3 rings (SSSR count). The van der Waals surface area contributed by atoms with Crippen LogP contribution in [0.15, 0.2) is 12.1 Å². The number of thiophene rings is 2. The first-order chi connectivity index (χ1) is 20.4. The third-order valence-electron chi connectivity index (χ3n) is 8.95. The number of fused-ring (bicyclic) bond motifs is 1. The second-order valence-corrected chi connectivity index (χ2v) is 17.2. The average Bonchev–Trinajstić information content (AvgIpc) is 3.64. The van der Waals surface area contributed by atoms with E-state index in [-0.39, 0.29) is 22.6 Å². The van der Waals surface area contributed by atoms with Crippen LogP contribution in [-0.2, 0) is 10.8 Å². The molecule has 2 aromatic rings. The zero-order valence-electron chi connectivity index (χ0n) is 28.8. The second kappa shape index (κ2) is 16.7. The summed E-state index contributed by atoms with van der Waals surface area (Å²) in [6.07, 6.45) is 20.4. The van der Waals surface area contributed by atoms with Crippen LogP contribution < -0.4 is 0 Å². The smallest absolute Gasteiger partial charge is 0.263 e. The predicted octanol–water partition coefficient (Wildman–Crippen LogP) is 12.6. The number of unbranched alkanes of at least 4 members (excludes halogenated alkanes) is 12. The molecule has 43 heavy (non-hydrogen) atoms. The van der Waals surface area contributed by atoms with E-state index in [2.05, 4.69) is 67.5 Å². The van der Waals surface area contributed by atoms with E-state index in [1.807, 2.05) is 0 Å². The zero-order chi connectivity index (χ0) is 31.6. The largest absolute Gasteiger partial charge is 0.274 e. The molecule has 1 aliphatic heterocycles. The molecule has 1 unspecified atom stereocenters. The van der Waals surface area contributed by atoms with Gasteiger partial charge in [-0.05, 0) is 41.7 Å². The Bertz CT molecular complexity index is 1160. The lowest BCUT2D eigenvalue weighted by Gasteiger charge is -2.24. The molecule has 0 spiro atoms. The van der Waals surface area contributed by atoms with Crippen molar-refractivity contribution >= 4 is 34.5 Å². The molecular formula is C38H61NO2S2. The Morgan fingerprint density at radius 2 is 1.12 bits per heavy atom. The zero-order valence-corrected chi connectivity index (χ0v) is 30.5. The van der Waals surface area contributed by atoms with Gasteiger partial charge in [0.1, 0.15) is 0 Å². The highest BCUT2D eigenvalue weighted by Gasteiger charge is 2.44. The highest BCUT2D eigenvalue weighted by Crippen LogP contribution is 2.48. The second-order valence-electron chi connectivity index (χ2n) is 15.1. The Hall–Kier alpha value is -1.46. The quantitative estimate of drug-likeness (QED) is 0.115. The van der Waals surface area contributed by atoms with Crippen molar-refractivity contribution in [2.45, 2.75) is 169 Å². The number of hydrogen-bond donors (Lipinski definition) is 0. The molecule has 1 atom stereocenters. The predicted molar refractivity (Wildman–Crippen MR) is 189 cm³/mol. The van der Waals surface area contributed by atoms with E-state index in [1.54, 1.807) is 27.6 Å². The molecule has 242 valence electrons. The van der Waals surface area contributed by atoms with E-state index in [0.717, 1.165) is 27.5 Å². The summed E-state index contributed by atoms with van der Waals surface area (Å²) in [5, 5.41) is 0.